The number of phenols is 4. The molecule has 0 spiro atoms. The van der Waals surface area contributed by atoms with Gasteiger partial charge in [-0.3, -0.25) is 81.1 Å². The number of carbonyl (C=O) groups is 18. The number of aliphatic carboxylic acids is 1. The topological polar surface area (TPSA) is 601 Å². The molecule has 782 valence electrons. The van der Waals surface area contributed by atoms with Crippen molar-refractivity contribution in [3.63, 3.8) is 0 Å². The molecule has 36 nitrogen and oxygen atoms in total. The molecule has 10 rings (SSSR count). The number of hydrogen-bond acceptors (Lipinski definition) is 25. The summed E-state index contributed by atoms with van der Waals surface area (Å²) in [5.41, 5.74) is 27.2. The average Bonchev–Trinajstić information content (AvgIpc) is 1.62. The molecule has 38 heteroatoms. The normalized spacial score (nSPS) is 14.3. The molecule has 2 aliphatic carbocycles. The number of Topliss-reactive ketones (excluding diaryl/α,β-unsaturated/α-hetero) is 7. The van der Waals surface area contributed by atoms with Gasteiger partial charge >= 0.3 is 18.2 Å². The molecule has 5 unspecified atom stereocenters. The molecular weight excluding hydrogens is 1910 g/mol. The molecule has 0 heterocycles. The number of ketones is 7. The van der Waals surface area contributed by atoms with Crippen LogP contribution in [0, 0.1) is 41.4 Å². The van der Waals surface area contributed by atoms with Crippen molar-refractivity contribution in [3.05, 3.63) is 239 Å². The molecule has 0 bridgehead atoms. The Morgan fingerprint density at radius 1 is 0.329 bits per heavy atom. The Morgan fingerprint density at radius 2 is 0.575 bits per heavy atom. The van der Waals surface area contributed by atoms with E-state index in [4.69, 9.17) is 38.3 Å². The molecule has 0 saturated carbocycles. The highest BCUT2D eigenvalue weighted by atomic mass is 35.5. The summed E-state index contributed by atoms with van der Waals surface area (Å²) in [7, 11) is -1.00. The highest BCUT2D eigenvalue weighted by molar-refractivity contribution is 6.00. The first kappa shape index (κ1) is 118. The fraction of sp³-hybridized carbons (Fsp3) is 0.389. The highest BCUT2D eigenvalue weighted by Crippen LogP contribution is 2.46. The zero-order valence-corrected chi connectivity index (χ0v) is 83.8. The number of phenolic OH excluding ortho intramolecular Hbond substituents is 4. The van der Waals surface area contributed by atoms with Crippen molar-refractivity contribution in [2.24, 2.45) is 58.6 Å². The second-order valence-corrected chi connectivity index (χ2v) is 36.5. The van der Waals surface area contributed by atoms with E-state index in [1.165, 1.54) is 106 Å². The number of alkyl carbamates (subject to hydrolysis) is 2. The molecule has 0 radical (unpaired) electrons. The Bertz CT molecular complexity index is 5850. The summed E-state index contributed by atoms with van der Waals surface area (Å²) in [4.78, 5) is 230. The number of aromatic hydroxyl groups is 4. The van der Waals surface area contributed by atoms with E-state index in [1.54, 1.807) is 60.7 Å². The van der Waals surface area contributed by atoms with Crippen LogP contribution in [0.2, 0.25) is 0 Å². The third kappa shape index (κ3) is 37.4. The van der Waals surface area contributed by atoms with Gasteiger partial charge in [0.1, 0.15) is 42.8 Å². The number of benzene rings is 8. The fourth-order valence-electron chi connectivity index (χ4n) is 16.2. The Kier molecular flexibility index (Phi) is 47.0. The second-order valence-electron chi connectivity index (χ2n) is 36.5. The summed E-state index contributed by atoms with van der Waals surface area (Å²) < 4.78 is 26.6. The number of primary amides is 2. The van der Waals surface area contributed by atoms with Gasteiger partial charge in [0.05, 0.1) is 57.4 Å². The minimum Gasteiger partial charge on any atom is -0.508 e. The van der Waals surface area contributed by atoms with Crippen LogP contribution in [-0.2, 0) is 112 Å². The van der Waals surface area contributed by atoms with Gasteiger partial charge in [-0.1, -0.05) is 173 Å². The molecule has 0 aromatic heterocycles. The van der Waals surface area contributed by atoms with E-state index in [2.05, 4.69) is 42.5 Å². The smallest absolute Gasteiger partial charge is 0.407 e. The Labute approximate surface area is 853 Å². The number of halogens is 2. The van der Waals surface area contributed by atoms with Crippen molar-refractivity contribution in [2.45, 2.75) is 194 Å². The minimum atomic E-state index is -1.24. The number of nitrogens with one attached hydrogen (secondary N) is 8. The highest BCUT2D eigenvalue weighted by Gasteiger charge is 2.37. The molecule has 8 aromatic carbocycles. The van der Waals surface area contributed by atoms with E-state index < -0.39 is 210 Å². The van der Waals surface area contributed by atoms with Crippen LogP contribution >= 0.6 is 12.4 Å². The van der Waals surface area contributed by atoms with E-state index >= 15 is 0 Å². The third-order valence-corrected chi connectivity index (χ3v) is 24.9. The molecule has 2 aliphatic rings. The van der Waals surface area contributed by atoms with Gasteiger partial charge < -0.3 is 94.7 Å². The number of ether oxygens (including phenoxy) is 2. The number of alkyl halides is 1. The van der Waals surface area contributed by atoms with Gasteiger partial charge in [0.2, 0.25) is 47.3 Å². The molecular formula is C108H131ClFN11O25. The van der Waals surface area contributed by atoms with Crippen LogP contribution in [0.15, 0.2) is 194 Å². The second kappa shape index (κ2) is 58.4. The number of carboxylic acids is 1. The van der Waals surface area contributed by atoms with Gasteiger partial charge in [0.15, 0.2) is 40.5 Å². The zero-order valence-electron chi connectivity index (χ0n) is 83.9. The largest absolute Gasteiger partial charge is 0.508 e. The van der Waals surface area contributed by atoms with Crippen LogP contribution in [0.25, 0.3) is 22.3 Å². The SMILES string of the molecule is CC(CC(=O)[C@H](C)NC(=O)OCC1c2ccccc2-c2ccccc21)C(=O)NC(C)C(=O)C[C@@H](Cc1ccc(O)cc1)C(=O)N[C@@H](C)C(=O)C[C@@H](C)C(=O)NCC(=O)C[C@@H](Cc1ccc(O)cc1)C(N)=O.CC(CC(=O)[C@H](C)NC(=O)OCC1c2ccccc2-c2ccccc21)C(=O)NC(C)C(=O)C[C@@H](Cc1ccc(O)cc1)C(=O)N[C@@H](C)C(=O)C[C@@H](C)C(=O)NCC(=O)O.Cl.NC(=O)C(N)Cc1ccc(O)cc1.[2H]CF. The molecule has 14 atom stereocenters. The maximum absolute atomic E-state index is 13.8. The lowest BCUT2D eigenvalue weighted by molar-refractivity contribution is -0.139. The number of nitrogens with two attached hydrogens (primary N) is 3. The number of carbonyl (C=O) groups excluding carboxylic acids is 17. The Morgan fingerprint density at radius 3 is 0.856 bits per heavy atom. The van der Waals surface area contributed by atoms with Gasteiger partial charge in [0.25, 0.3) is 0 Å². The van der Waals surface area contributed by atoms with Crippen molar-refractivity contribution in [1.82, 2.24) is 42.5 Å². The summed E-state index contributed by atoms with van der Waals surface area (Å²) in [6, 6.07) is 49.3. The third-order valence-electron chi connectivity index (χ3n) is 24.9. The monoisotopic (exact) mass is 2040 g/mol. The van der Waals surface area contributed by atoms with E-state index in [9.17, 15) is 106 Å². The van der Waals surface area contributed by atoms with Crippen LogP contribution in [0.3, 0.4) is 0 Å². The van der Waals surface area contributed by atoms with Crippen molar-refractivity contribution in [2.75, 3.05) is 33.5 Å². The molecule has 0 saturated heterocycles. The predicted molar refractivity (Wildman–Crippen MR) is 542 cm³/mol. The number of hydrogen-bond donors (Lipinski definition) is 16. The molecule has 8 aromatic rings. The summed E-state index contributed by atoms with van der Waals surface area (Å²) in [5.74, 6) is -16.0. The lowest BCUT2D eigenvalue weighted by atomic mass is 9.90. The Hall–Kier alpha value is -15.4. The maximum Gasteiger partial charge on any atom is 0.407 e. The van der Waals surface area contributed by atoms with Crippen LogP contribution in [0.4, 0.5) is 14.0 Å². The lowest BCUT2D eigenvalue weighted by Crippen LogP contribution is -2.46. The standard InChI is InChI=1S/C54H63N5O12.C44H52N4O11.C9H12N2O2.CH3F.ClH/c1-30(51(67)56-28-41(62)26-37(50(55)66)24-35-14-18-39(60)19-15-35)22-47(63)32(3)58-53(69)38(25-36-16-20-40(61)21-17-36)27-49(65)33(4)57-52(68)31(2)23-48(64)34(5)59-54(70)71-29-46-44-12-8-6-10-42(44)43-11-7-9-13-45(43)46;1-24(41(55)45-22-40(53)54)18-37(50)26(3)47-43(57)30(20-29-14-16-31(49)17-15-29)21-39(52)27(4)46-42(56)25(2)19-38(51)28(5)48-44(58)59-23-36-34-12-8-6-10-32(34)33-11-7-9-13-35(33)36;10-8(9(11)13)5-6-1-3-7(12)4-2-6;1-2;/h6-21,30-34,37-38,46,60-61H,22-29H2,1-5H3,(H2,55,66)(H,56,67)(H,57,68)(H,58,69)(H,59,70);6-17,24-28,30,36,49H,18-23H2,1-5H3,(H,45,55)(H,46,56)(H,47,57)(H,48,58)(H,53,54);1-4,8,12H,5,10H2,(H2,11,13);1H3;1H/t30-,31?,32+,33?,34+,37-,38-;24-,25?,26+,27?,28+,30-;;;/m11.../s1/i;;;1D;. The van der Waals surface area contributed by atoms with Gasteiger partial charge in [-0.05, 0) is 183 Å². The average molecular weight is 2040 g/mol. The van der Waals surface area contributed by atoms with Gasteiger partial charge in [-0.2, -0.15) is 0 Å². The first-order valence-electron chi connectivity index (χ1n) is 48.1. The van der Waals surface area contributed by atoms with E-state index in [1.807, 2.05) is 97.1 Å². The molecule has 0 fully saturated rings. The maximum atomic E-state index is 13.8. The quantitative estimate of drug-likeness (QED) is 0.0169. The number of amides is 10. The Balaban J connectivity index is 0.000000391. The van der Waals surface area contributed by atoms with Crippen molar-refractivity contribution < 1.29 is 127 Å². The van der Waals surface area contributed by atoms with Crippen LogP contribution < -0.4 is 59.7 Å². The molecule has 0 aliphatic heterocycles. The molecule has 19 N–H and O–H groups in total. The summed E-state index contributed by atoms with van der Waals surface area (Å²) in [6.07, 6.45) is -2.94. The van der Waals surface area contributed by atoms with Crippen LogP contribution in [-0.4, -0.2) is 207 Å². The summed E-state index contributed by atoms with van der Waals surface area (Å²) in [5, 5.41) is 67.1. The lowest BCUT2D eigenvalue weighted by Gasteiger charge is -2.23. The van der Waals surface area contributed by atoms with E-state index in [0.29, 0.717) is 23.1 Å². The first-order valence-corrected chi connectivity index (χ1v) is 47.4. The zero-order chi connectivity index (χ0) is 108. The minimum absolute atomic E-state index is 0. The van der Waals surface area contributed by atoms with Gasteiger partial charge in [0, 0.05) is 98.2 Å². The number of fused-ring (bicyclic) bond motifs is 6. The van der Waals surface area contributed by atoms with Gasteiger partial charge in [-0.25, -0.2) is 9.59 Å². The number of rotatable bonds is 50. The molecule has 146 heavy (non-hydrogen) atoms. The predicted octanol–water partition coefficient (Wildman–Crippen LogP) is 9.36. The van der Waals surface area contributed by atoms with Crippen LogP contribution in [0.1, 0.15) is 172 Å². The van der Waals surface area contributed by atoms with Crippen LogP contribution in [0.5, 0.6) is 23.0 Å². The van der Waals surface area contributed by atoms with Gasteiger partial charge in [-0.15, -0.1) is 12.4 Å². The summed E-state index contributed by atoms with van der Waals surface area (Å²) in [6.45, 7) is 13.8. The molecule has 10 amide bonds. The van der Waals surface area contributed by atoms with E-state index in [-0.39, 0.29) is 125 Å². The number of carboxylic acid groups (broad SMARTS) is 1. The first-order chi connectivity index (χ1) is 69.1. The van der Waals surface area contributed by atoms with Crippen molar-refractivity contribution in [3.8, 4) is 45.3 Å². The van der Waals surface area contributed by atoms with Crippen molar-refractivity contribution >= 4 is 118 Å². The fourth-order valence-corrected chi connectivity index (χ4v) is 16.2. The van der Waals surface area contributed by atoms with Crippen molar-refractivity contribution in [1.29, 1.82) is 0 Å². The summed E-state index contributed by atoms with van der Waals surface area (Å²) >= 11 is 0. The van der Waals surface area contributed by atoms with E-state index in [0.717, 1.165) is 50.1 Å².